The van der Waals surface area contributed by atoms with Gasteiger partial charge in [0.15, 0.2) is 0 Å². The number of nitrogens with one attached hydrogen (secondary N) is 2. The normalized spacial score (nSPS) is 16.8. The molecule has 0 unspecified atom stereocenters. The maximum atomic E-state index is 13.1. The van der Waals surface area contributed by atoms with Crippen molar-refractivity contribution < 1.29 is 9.59 Å². The van der Waals surface area contributed by atoms with Crippen LogP contribution in [0.1, 0.15) is 31.9 Å². The van der Waals surface area contributed by atoms with Crippen molar-refractivity contribution in [2.24, 2.45) is 0 Å². The Balaban J connectivity index is 1.44. The predicted molar refractivity (Wildman–Crippen MR) is 125 cm³/mol. The maximum absolute atomic E-state index is 13.1. The number of carbonyl (C=O) groups excluding carboxylic acids is 2. The van der Waals surface area contributed by atoms with Gasteiger partial charge in [-0.25, -0.2) is 0 Å². The molecule has 5 nitrogen and oxygen atoms in total. The summed E-state index contributed by atoms with van der Waals surface area (Å²) in [6.45, 7) is 4.15. The Morgan fingerprint density at radius 1 is 1.00 bits per heavy atom. The Labute approximate surface area is 183 Å². The monoisotopic (exact) mass is 413 g/mol. The molecule has 0 radical (unpaired) electrons. The number of hydrogen-bond acceptors (Lipinski definition) is 3. The van der Waals surface area contributed by atoms with Gasteiger partial charge in [-0.1, -0.05) is 66.7 Å². The lowest BCUT2D eigenvalue weighted by atomic mass is 10.0. The largest absolute Gasteiger partial charge is 0.324 e. The molecule has 0 fully saturated rings. The van der Waals surface area contributed by atoms with Gasteiger partial charge in [-0.2, -0.15) is 0 Å². The molecule has 2 N–H and O–H groups in total. The minimum absolute atomic E-state index is 0.0195. The highest BCUT2D eigenvalue weighted by Crippen LogP contribution is 2.31. The van der Waals surface area contributed by atoms with Crippen LogP contribution in [0, 0.1) is 0 Å². The molecule has 1 aliphatic heterocycles. The van der Waals surface area contributed by atoms with Gasteiger partial charge in [0, 0.05) is 18.5 Å². The van der Waals surface area contributed by atoms with E-state index in [9.17, 15) is 9.59 Å². The van der Waals surface area contributed by atoms with Crippen molar-refractivity contribution >= 4 is 23.2 Å². The highest BCUT2D eigenvalue weighted by Gasteiger charge is 2.29. The third kappa shape index (κ3) is 4.67. The fraction of sp³-hybridized carbons (Fsp3) is 0.231. The number of anilines is 2. The Kier molecular flexibility index (Phi) is 6.14. The molecule has 0 bridgehead atoms. The summed E-state index contributed by atoms with van der Waals surface area (Å²) < 4.78 is 0. The number of hydrogen-bond donors (Lipinski definition) is 2. The maximum Gasteiger partial charge on any atom is 0.241 e. The van der Waals surface area contributed by atoms with E-state index >= 15 is 0 Å². The lowest BCUT2D eigenvalue weighted by molar-refractivity contribution is -0.118. The molecule has 5 heteroatoms. The molecular weight excluding hydrogens is 386 g/mol. The smallest absolute Gasteiger partial charge is 0.241 e. The first kappa shape index (κ1) is 20.8. The number of fused-ring (bicyclic) bond motifs is 1. The Hall–Kier alpha value is -3.44. The molecule has 0 saturated carbocycles. The summed E-state index contributed by atoms with van der Waals surface area (Å²) in [5.74, 6) is -0.126. The lowest BCUT2D eigenvalue weighted by Crippen LogP contribution is -2.44. The van der Waals surface area contributed by atoms with Gasteiger partial charge in [-0.3, -0.25) is 9.59 Å². The number of para-hydroxylation sites is 2. The van der Waals surface area contributed by atoms with Gasteiger partial charge in [0.2, 0.25) is 11.8 Å². The second kappa shape index (κ2) is 9.14. The predicted octanol–water partition coefficient (Wildman–Crippen LogP) is 4.77. The van der Waals surface area contributed by atoms with E-state index in [1.807, 2.05) is 49.4 Å². The van der Waals surface area contributed by atoms with Crippen LogP contribution in [0.25, 0.3) is 11.1 Å². The van der Waals surface area contributed by atoms with E-state index < -0.39 is 0 Å². The van der Waals surface area contributed by atoms with Crippen LogP contribution in [0.2, 0.25) is 0 Å². The van der Waals surface area contributed by atoms with E-state index in [1.54, 1.807) is 4.90 Å². The van der Waals surface area contributed by atoms with Crippen LogP contribution in [0.3, 0.4) is 0 Å². The molecule has 0 aromatic heterocycles. The molecule has 0 saturated heterocycles. The van der Waals surface area contributed by atoms with Gasteiger partial charge in [-0.15, -0.1) is 0 Å². The average molecular weight is 414 g/mol. The minimum Gasteiger partial charge on any atom is -0.324 e. The topological polar surface area (TPSA) is 61.4 Å². The van der Waals surface area contributed by atoms with Gasteiger partial charge >= 0.3 is 0 Å². The summed E-state index contributed by atoms with van der Waals surface area (Å²) in [6.07, 6.45) is 0.275. The van der Waals surface area contributed by atoms with Crippen molar-refractivity contribution in [3.63, 3.8) is 0 Å². The van der Waals surface area contributed by atoms with Crippen molar-refractivity contribution in [1.82, 2.24) is 5.32 Å². The Morgan fingerprint density at radius 2 is 1.65 bits per heavy atom. The summed E-state index contributed by atoms with van der Waals surface area (Å²) in [5.41, 5.74) is 4.89. The van der Waals surface area contributed by atoms with E-state index in [4.69, 9.17) is 0 Å². The molecule has 0 spiro atoms. The molecule has 4 rings (SSSR count). The quantitative estimate of drug-likeness (QED) is 0.633. The lowest BCUT2D eigenvalue weighted by Gasteiger charge is -2.28. The number of rotatable bonds is 5. The second-order valence-electron chi connectivity index (χ2n) is 7.97. The SMILES string of the molecule is C[C@@H]1CC(=O)Nc2ccccc2N1C(=O)CN[C@H](C)c1ccc(-c2ccccc2)cc1. The van der Waals surface area contributed by atoms with Gasteiger partial charge in [0.05, 0.1) is 17.9 Å². The van der Waals surface area contributed by atoms with E-state index in [-0.39, 0.29) is 36.9 Å². The summed E-state index contributed by atoms with van der Waals surface area (Å²) in [6, 6.07) is 25.9. The summed E-state index contributed by atoms with van der Waals surface area (Å²) in [4.78, 5) is 27.0. The number of benzene rings is 3. The molecule has 158 valence electrons. The highest BCUT2D eigenvalue weighted by molar-refractivity contribution is 6.04. The van der Waals surface area contributed by atoms with Crippen LogP contribution in [-0.2, 0) is 9.59 Å². The fourth-order valence-electron chi connectivity index (χ4n) is 4.01. The van der Waals surface area contributed by atoms with Crippen LogP contribution in [-0.4, -0.2) is 24.4 Å². The molecule has 1 heterocycles. The number of nitrogens with zero attached hydrogens (tertiary/aromatic N) is 1. The van der Waals surface area contributed by atoms with Crippen molar-refractivity contribution in [1.29, 1.82) is 0 Å². The van der Waals surface area contributed by atoms with Crippen molar-refractivity contribution in [2.75, 3.05) is 16.8 Å². The summed E-state index contributed by atoms with van der Waals surface area (Å²) >= 11 is 0. The van der Waals surface area contributed by atoms with Crippen molar-refractivity contribution in [3.05, 3.63) is 84.4 Å². The van der Waals surface area contributed by atoms with Crippen LogP contribution in [0.4, 0.5) is 11.4 Å². The molecule has 31 heavy (non-hydrogen) atoms. The fourth-order valence-corrected chi connectivity index (χ4v) is 4.01. The van der Waals surface area contributed by atoms with Crippen LogP contribution < -0.4 is 15.5 Å². The van der Waals surface area contributed by atoms with Gasteiger partial charge in [0.1, 0.15) is 0 Å². The number of amides is 2. The second-order valence-corrected chi connectivity index (χ2v) is 7.97. The van der Waals surface area contributed by atoms with Crippen LogP contribution in [0.5, 0.6) is 0 Å². The average Bonchev–Trinajstić information content (AvgIpc) is 2.92. The van der Waals surface area contributed by atoms with Gasteiger partial charge < -0.3 is 15.5 Å². The molecule has 2 atom stereocenters. The highest BCUT2D eigenvalue weighted by atomic mass is 16.2. The minimum atomic E-state index is -0.210. The zero-order valence-corrected chi connectivity index (χ0v) is 17.8. The van der Waals surface area contributed by atoms with Crippen molar-refractivity contribution in [2.45, 2.75) is 32.4 Å². The molecule has 0 aliphatic carbocycles. The first-order chi connectivity index (χ1) is 15.0. The van der Waals surface area contributed by atoms with Gasteiger partial charge in [0.25, 0.3) is 0 Å². The third-order valence-electron chi connectivity index (χ3n) is 5.71. The first-order valence-electron chi connectivity index (χ1n) is 10.6. The Bertz CT molecular complexity index is 1060. The van der Waals surface area contributed by atoms with E-state index in [2.05, 4.69) is 54.0 Å². The Morgan fingerprint density at radius 3 is 2.39 bits per heavy atom. The van der Waals surface area contributed by atoms with Crippen molar-refractivity contribution in [3.8, 4) is 11.1 Å². The zero-order chi connectivity index (χ0) is 21.8. The molecule has 1 aliphatic rings. The molecule has 2 amide bonds. The zero-order valence-electron chi connectivity index (χ0n) is 17.8. The van der Waals surface area contributed by atoms with E-state index in [1.165, 1.54) is 11.1 Å². The summed E-state index contributed by atoms with van der Waals surface area (Å²) in [7, 11) is 0. The first-order valence-corrected chi connectivity index (χ1v) is 10.6. The standard InChI is InChI=1S/C26H27N3O2/c1-18-16-25(30)28-23-10-6-7-11-24(23)29(18)26(31)17-27-19(2)20-12-14-22(15-13-20)21-8-4-3-5-9-21/h3-15,18-19,27H,16-17H2,1-2H3,(H,28,30)/t18-,19-/m1/s1. The summed E-state index contributed by atoms with van der Waals surface area (Å²) in [5, 5.41) is 6.24. The molecule has 3 aromatic carbocycles. The molecule has 3 aromatic rings. The van der Waals surface area contributed by atoms with E-state index in [0.717, 1.165) is 11.3 Å². The van der Waals surface area contributed by atoms with Crippen LogP contribution in [0.15, 0.2) is 78.9 Å². The van der Waals surface area contributed by atoms with Crippen LogP contribution >= 0.6 is 0 Å². The van der Waals surface area contributed by atoms with E-state index in [0.29, 0.717) is 5.69 Å². The van der Waals surface area contributed by atoms with Gasteiger partial charge in [-0.05, 0) is 42.7 Å². The third-order valence-corrected chi connectivity index (χ3v) is 5.71. The number of carbonyl (C=O) groups is 2. The molecular formula is C26H27N3O2.